The summed E-state index contributed by atoms with van der Waals surface area (Å²) in [6.07, 6.45) is 3.67. The van der Waals surface area contributed by atoms with Crippen molar-refractivity contribution in [2.45, 2.75) is 26.3 Å². The molecule has 2 amide bonds. The molecule has 1 atom stereocenters. The molecular weight excluding hydrogens is 336 g/mol. The van der Waals surface area contributed by atoms with Gasteiger partial charge < -0.3 is 20.1 Å². The number of carbonyl (C=O) groups is 3. The number of rotatable bonds is 7. The van der Waals surface area contributed by atoms with Crippen molar-refractivity contribution in [1.82, 2.24) is 10.6 Å². The zero-order valence-electron chi connectivity index (χ0n) is 14.8. The highest BCUT2D eigenvalue weighted by molar-refractivity contribution is 5.95. The third kappa shape index (κ3) is 4.95. The summed E-state index contributed by atoms with van der Waals surface area (Å²) in [5.74, 6) is -1.13. The molecule has 0 unspecified atom stereocenters. The maximum Gasteiger partial charge on any atom is 0.338 e. The van der Waals surface area contributed by atoms with Crippen LogP contribution in [-0.2, 0) is 19.1 Å². The summed E-state index contributed by atoms with van der Waals surface area (Å²) < 4.78 is 10.3. The van der Waals surface area contributed by atoms with Crippen molar-refractivity contribution in [3.63, 3.8) is 0 Å². The second kappa shape index (κ2) is 9.41. The van der Waals surface area contributed by atoms with Crippen molar-refractivity contribution in [1.29, 1.82) is 0 Å². The molecule has 7 nitrogen and oxygen atoms in total. The van der Waals surface area contributed by atoms with E-state index in [0.717, 1.165) is 5.56 Å². The van der Waals surface area contributed by atoms with Crippen LogP contribution in [0, 0.1) is 0 Å². The lowest BCUT2D eigenvalue weighted by molar-refractivity contribution is -0.140. The molecule has 0 aliphatic carbocycles. The summed E-state index contributed by atoms with van der Waals surface area (Å²) in [6, 6.07) is 7.86. The molecule has 1 aromatic rings. The second-order valence-corrected chi connectivity index (χ2v) is 5.47. The Bertz CT molecular complexity index is 725. The highest BCUT2D eigenvalue weighted by Crippen LogP contribution is 2.27. The molecule has 0 radical (unpaired) electrons. The van der Waals surface area contributed by atoms with Gasteiger partial charge in [-0.15, -0.1) is 0 Å². The molecular formula is C19H22N2O5. The molecule has 7 heteroatoms. The first kappa shape index (κ1) is 19.2. The van der Waals surface area contributed by atoms with Crippen LogP contribution in [-0.4, -0.2) is 31.2 Å². The molecule has 2 rings (SSSR count). The summed E-state index contributed by atoms with van der Waals surface area (Å²) in [4.78, 5) is 36.2. The van der Waals surface area contributed by atoms with Crippen LogP contribution in [0.3, 0.4) is 0 Å². The van der Waals surface area contributed by atoms with Crippen molar-refractivity contribution in [2.75, 3.05) is 13.2 Å². The minimum Gasteiger partial charge on any atom is -0.463 e. The Hall–Kier alpha value is -3.09. The van der Waals surface area contributed by atoms with Crippen molar-refractivity contribution in [2.24, 2.45) is 0 Å². The van der Waals surface area contributed by atoms with Gasteiger partial charge in [-0.25, -0.2) is 14.4 Å². The lowest BCUT2D eigenvalue weighted by atomic mass is 9.95. The van der Waals surface area contributed by atoms with Gasteiger partial charge in [0.25, 0.3) is 0 Å². The number of hydrogen-bond donors (Lipinski definition) is 2. The summed E-state index contributed by atoms with van der Waals surface area (Å²) >= 11 is 0. The maximum absolute atomic E-state index is 12.5. The molecule has 1 aliphatic heterocycles. The van der Waals surface area contributed by atoms with Gasteiger partial charge in [0, 0.05) is 6.08 Å². The number of urea groups is 1. The van der Waals surface area contributed by atoms with E-state index in [0.29, 0.717) is 6.42 Å². The molecule has 0 bridgehead atoms. The average molecular weight is 358 g/mol. The van der Waals surface area contributed by atoms with E-state index in [4.69, 9.17) is 9.47 Å². The normalized spacial score (nSPS) is 16.8. The fourth-order valence-electron chi connectivity index (χ4n) is 2.48. The van der Waals surface area contributed by atoms with Crippen LogP contribution in [0.25, 0.3) is 0 Å². The molecule has 26 heavy (non-hydrogen) atoms. The SMILES string of the molecule is CC/C=C/C(=O)OCC1=C(C(=O)OCC)[C@H](c2ccccc2)NC(=O)N1. The van der Waals surface area contributed by atoms with E-state index in [9.17, 15) is 14.4 Å². The van der Waals surface area contributed by atoms with E-state index in [2.05, 4.69) is 10.6 Å². The quantitative estimate of drug-likeness (QED) is 0.576. The Morgan fingerprint density at radius 1 is 1.15 bits per heavy atom. The average Bonchev–Trinajstić information content (AvgIpc) is 2.65. The third-order valence-electron chi connectivity index (χ3n) is 3.63. The highest BCUT2D eigenvalue weighted by Gasteiger charge is 2.34. The standard InChI is InChI=1S/C19H22N2O5/c1-3-5-11-15(22)26-12-14-16(18(23)25-4-2)17(21-19(24)20-14)13-9-7-6-8-10-13/h5-11,17H,3-4,12H2,1-2H3,(H2,20,21,24)/b11-5+/t17-/m0/s1. The van der Waals surface area contributed by atoms with Gasteiger partial charge in [0.1, 0.15) is 6.61 Å². The third-order valence-corrected chi connectivity index (χ3v) is 3.63. The number of ether oxygens (including phenoxy) is 2. The van der Waals surface area contributed by atoms with Gasteiger partial charge in [0.15, 0.2) is 0 Å². The van der Waals surface area contributed by atoms with Crippen molar-refractivity contribution in [3.8, 4) is 0 Å². The number of hydrogen-bond acceptors (Lipinski definition) is 5. The molecule has 0 spiro atoms. The van der Waals surface area contributed by atoms with Gasteiger partial charge in [-0.1, -0.05) is 43.3 Å². The summed E-state index contributed by atoms with van der Waals surface area (Å²) in [5, 5.41) is 5.26. The first-order chi connectivity index (χ1) is 12.6. The van der Waals surface area contributed by atoms with Crippen LogP contribution in [0.1, 0.15) is 31.9 Å². The van der Waals surface area contributed by atoms with Gasteiger partial charge >= 0.3 is 18.0 Å². The minimum absolute atomic E-state index is 0.185. The zero-order chi connectivity index (χ0) is 18.9. The predicted octanol–water partition coefficient (Wildman–Crippen LogP) is 2.37. The van der Waals surface area contributed by atoms with Crippen molar-refractivity contribution in [3.05, 3.63) is 59.3 Å². The fourth-order valence-corrected chi connectivity index (χ4v) is 2.48. The number of benzene rings is 1. The van der Waals surface area contributed by atoms with Crippen LogP contribution in [0.4, 0.5) is 4.79 Å². The number of allylic oxidation sites excluding steroid dienone is 1. The van der Waals surface area contributed by atoms with E-state index in [1.54, 1.807) is 25.1 Å². The van der Waals surface area contributed by atoms with E-state index >= 15 is 0 Å². The maximum atomic E-state index is 12.5. The second-order valence-electron chi connectivity index (χ2n) is 5.47. The highest BCUT2D eigenvalue weighted by atomic mass is 16.5. The topological polar surface area (TPSA) is 93.7 Å². The Morgan fingerprint density at radius 2 is 1.88 bits per heavy atom. The first-order valence-electron chi connectivity index (χ1n) is 8.42. The summed E-state index contributed by atoms with van der Waals surface area (Å²) in [7, 11) is 0. The van der Waals surface area contributed by atoms with E-state index < -0.39 is 24.0 Å². The largest absolute Gasteiger partial charge is 0.463 e. The molecule has 138 valence electrons. The van der Waals surface area contributed by atoms with Gasteiger partial charge in [0.2, 0.25) is 0 Å². The Balaban J connectivity index is 2.35. The van der Waals surface area contributed by atoms with Crippen LogP contribution in [0.5, 0.6) is 0 Å². The predicted molar refractivity (Wildman–Crippen MR) is 94.9 cm³/mol. The van der Waals surface area contributed by atoms with Gasteiger partial charge in [-0.2, -0.15) is 0 Å². The Labute approximate surface area is 152 Å². The molecule has 0 fully saturated rings. The van der Waals surface area contributed by atoms with Crippen LogP contribution in [0.15, 0.2) is 53.8 Å². The fraction of sp³-hybridized carbons (Fsp3) is 0.316. The zero-order valence-corrected chi connectivity index (χ0v) is 14.8. The first-order valence-corrected chi connectivity index (χ1v) is 8.42. The molecule has 1 aromatic carbocycles. The monoisotopic (exact) mass is 358 g/mol. The summed E-state index contributed by atoms with van der Waals surface area (Å²) in [6.45, 7) is 3.53. The Morgan fingerprint density at radius 3 is 2.54 bits per heavy atom. The molecule has 1 aliphatic rings. The van der Waals surface area contributed by atoms with Gasteiger partial charge in [0.05, 0.1) is 23.9 Å². The van der Waals surface area contributed by atoms with Crippen LogP contribution >= 0.6 is 0 Å². The Kier molecular flexibility index (Phi) is 6.96. The minimum atomic E-state index is -0.691. The van der Waals surface area contributed by atoms with Crippen molar-refractivity contribution >= 4 is 18.0 Å². The van der Waals surface area contributed by atoms with Crippen molar-refractivity contribution < 1.29 is 23.9 Å². The molecule has 1 heterocycles. The molecule has 0 aromatic heterocycles. The van der Waals surface area contributed by atoms with E-state index in [-0.39, 0.29) is 24.5 Å². The number of esters is 2. The van der Waals surface area contributed by atoms with Crippen LogP contribution in [0.2, 0.25) is 0 Å². The van der Waals surface area contributed by atoms with E-state index in [1.807, 2.05) is 25.1 Å². The lowest BCUT2D eigenvalue weighted by Crippen LogP contribution is -2.47. The number of carbonyl (C=O) groups excluding carboxylic acids is 3. The molecule has 2 N–H and O–H groups in total. The number of amides is 2. The smallest absolute Gasteiger partial charge is 0.338 e. The van der Waals surface area contributed by atoms with Crippen LogP contribution < -0.4 is 10.6 Å². The van der Waals surface area contributed by atoms with E-state index in [1.165, 1.54) is 6.08 Å². The van der Waals surface area contributed by atoms with Gasteiger partial charge in [-0.3, -0.25) is 0 Å². The summed E-state index contributed by atoms with van der Waals surface area (Å²) in [5.41, 5.74) is 1.14. The lowest BCUT2D eigenvalue weighted by Gasteiger charge is -2.29. The molecule has 0 saturated carbocycles. The van der Waals surface area contributed by atoms with Gasteiger partial charge in [-0.05, 0) is 18.9 Å². The number of nitrogens with one attached hydrogen (secondary N) is 2. The molecule has 0 saturated heterocycles.